The topological polar surface area (TPSA) is 58.2 Å². The van der Waals surface area contributed by atoms with Gasteiger partial charge < -0.3 is 10.6 Å². The zero-order valence-electron chi connectivity index (χ0n) is 10.1. The Bertz CT molecular complexity index is 459. The summed E-state index contributed by atoms with van der Waals surface area (Å²) in [5.74, 6) is -0.356. The highest BCUT2D eigenvalue weighted by molar-refractivity contribution is 9.10. The SMILES string of the molecule is C[C@H](NC(=O)C1CNC(=O)C1)c1ccc(Br)cc1. The van der Waals surface area contributed by atoms with Gasteiger partial charge in [0, 0.05) is 17.4 Å². The lowest BCUT2D eigenvalue weighted by molar-refractivity contribution is -0.127. The maximum atomic E-state index is 11.9. The second-order valence-corrected chi connectivity index (χ2v) is 5.40. The molecule has 1 fully saturated rings. The molecule has 4 nitrogen and oxygen atoms in total. The molecule has 1 saturated heterocycles. The molecule has 0 aromatic heterocycles. The standard InChI is InChI=1S/C13H15BrN2O2/c1-8(9-2-4-11(14)5-3-9)16-13(18)10-6-12(17)15-7-10/h2-5,8,10H,6-7H2,1H3,(H,15,17)(H,16,18)/t8-,10?/m0/s1. The normalized spacial score (nSPS) is 20.3. The monoisotopic (exact) mass is 310 g/mol. The van der Waals surface area contributed by atoms with Crippen molar-refractivity contribution < 1.29 is 9.59 Å². The number of nitrogens with one attached hydrogen (secondary N) is 2. The van der Waals surface area contributed by atoms with Crippen molar-refractivity contribution in [2.45, 2.75) is 19.4 Å². The van der Waals surface area contributed by atoms with Gasteiger partial charge >= 0.3 is 0 Å². The molecule has 2 N–H and O–H groups in total. The van der Waals surface area contributed by atoms with Gasteiger partial charge in [0.2, 0.25) is 11.8 Å². The van der Waals surface area contributed by atoms with Gasteiger partial charge in [-0.3, -0.25) is 9.59 Å². The highest BCUT2D eigenvalue weighted by Gasteiger charge is 2.28. The zero-order valence-corrected chi connectivity index (χ0v) is 11.7. The molecule has 2 atom stereocenters. The summed E-state index contributed by atoms with van der Waals surface area (Å²) in [6.45, 7) is 2.38. The van der Waals surface area contributed by atoms with E-state index in [1.165, 1.54) is 0 Å². The first-order valence-electron chi connectivity index (χ1n) is 5.89. The van der Waals surface area contributed by atoms with E-state index >= 15 is 0 Å². The average Bonchev–Trinajstić information content (AvgIpc) is 2.76. The summed E-state index contributed by atoms with van der Waals surface area (Å²) < 4.78 is 1.01. The molecule has 96 valence electrons. The number of carbonyl (C=O) groups excluding carboxylic acids is 2. The van der Waals surface area contributed by atoms with Crippen LogP contribution in [0.15, 0.2) is 28.7 Å². The lowest BCUT2D eigenvalue weighted by Gasteiger charge is -2.16. The van der Waals surface area contributed by atoms with Crippen LogP contribution >= 0.6 is 15.9 Å². The first kappa shape index (κ1) is 13.1. The Morgan fingerprint density at radius 3 is 2.67 bits per heavy atom. The molecule has 0 spiro atoms. The summed E-state index contributed by atoms with van der Waals surface area (Å²) in [6, 6.07) is 7.76. The number of hydrogen-bond acceptors (Lipinski definition) is 2. The minimum Gasteiger partial charge on any atom is -0.355 e. The molecule has 2 amide bonds. The molecule has 1 aromatic carbocycles. The van der Waals surface area contributed by atoms with E-state index in [0.29, 0.717) is 13.0 Å². The van der Waals surface area contributed by atoms with Crippen LogP contribution in [0.4, 0.5) is 0 Å². The second-order valence-electron chi connectivity index (χ2n) is 4.49. The van der Waals surface area contributed by atoms with Crippen LogP contribution in [0.2, 0.25) is 0 Å². The predicted molar refractivity (Wildman–Crippen MR) is 71.8 cm³/mol. The van der Waals surface area contributed by atoms with Crippen LogP contribution in [0.5, 0.6) is 0 Å². The Morgan fingerprint density at radius 2 is 2.11 bits per heavy atom. The minimum atomic E-state index is -0.240. The smallest absolute Gasteiger partial charge is 0.225 e. The van der Waals surface area contributed by atoms with Crippen molar-refractivity contribution >= 4 is 27.7 Å². The molecular formula is C13H15BrN2O2. The molecule has 0 bridgehead atoms. The van der Waals surface area contributed by atoms with Crippen molar-refractivity contribution in [3.8, 4) is 0 Å². The number of amides is 2. The van der Waals surface area contributed by atoms with Crippen LogP contribution in [0.1, 0.15) is 24.9 Å². The van der Waals surface area contributed by atoms with Crippen molar-refractivity contribution in [3.05, 3.63) is 34.3 Å². The molecule has 18 heavy (non-hydrogen) atoms. The molecule has 2 rings (SSSR count). The molecule has 0 radical (unpaired) electrons. The van der Waals surface area contributed by atoms with Gasteiger partial charge in [-0.25, -0.2) is 0 Å². The zero-order chi connectivity index (χ0) is 13.1. The summed E-state index contributed by atoms with van der Waals surface area (Å²) in [6.07, 6.45) is 0.291. The summed E-state index contributed by atoms with van der Waals surface area (Å²) in [5, 5.41) is 5.60. The van der Waals surface area contributed by atoms with Gasteiger partial charge in [-0.1, -0.05) is 28.1 Å². The van der Waals surface area contributed by atoms with Gasteiger partial charge in [-0.2, -0.15) is 0 Å². The maximum Gasteiger partial charge on any atom is 0.225 e. The summed E-state index contributed by atoms with van der Waals surface area (Å²) in [5.41, 5.74) is 1.05. The number of carbonyl (C=O) groups is 2. The predicted octanol–water partition coefficient (Wildman–Crippen LogP) is 1.76. The number of halogens is 1. The van der Waals surface area contributed by atoms with Gasteiger partial charge in [0.25, 0.3) is 0 Å². The molecular weight excluding hydrogens is 296 g/mol. The Labute approximate surface area is 114 Å². The van der Waals surface area contributed by atoms with Crippen LogP contribution in [0.3, 0.4) is 0 Å². The first-order valence-corrected chi connectivity index (χ1v) is 6.68. The van der Waals surface area contributed by atoms with Gasteiger partial charge in [0.05, 0.1) is 12.0 Å². The highest BCUT2D eigenvalue weighted by Crippen LogP contribution is 2.18. The summed E-state index contributed by atoms with van der Waals surface area (Å²) in [4.78, 5) is 23.0. The van der Waals surface area contributed by atoms with Crippen molar-refractivity contribution in [3.63, 3.8) is 0 Å². The van der Waals surface area contributed by atoms with Crippen molar-refractivity contribution in [1.82, 2.24) is 10.6 Å². The molecule has 1 aromatic rings. The van der Waals surface area contributed by atoms with E-state index in [9.17, 15) is 9.59 Å². The van der Waals surface area contributed by atoms with E-state index in [1.807, 2.05) is 31.2 Å². The fourth-order valence-corrected chi connectivity index (χ4v) is 2.22. The third-order valence-corrected chi connectivity index (χ3v) is 3.61. The molecule has 1 aliphatic rings. The number of rotatable bonds is 3. The molecule has 1 unspecified atom stereocenters. The van der Waals surface area contributed by atoms with Crippen molar-refractivity contribution in [2.75, 3.05) is 6.54 Å². The van der Waals surface area contributed by atoms with Gasteiger partial charge in [0.1, 0.15) is 0 Å². The number of hydrogen-bond donors (Lipinski definition) is 2. The maximum absolute atomic E-state index is 11.9. The third kappa shape index (κ3) is 3.10. The summed E-state index contributed by atoms with van der Waals surface area (Å²) >= 11 is 3.37. The van der Waals surface area contributed by atoms with E-state index in [1.54, 1.807) is 0 Å². The van der Waals surface area contributed by atoms with Gasteiger partial charge in [-0.05, 0) is 24.6 Å². The summed E-state index contributed by atoms with van der Waals surface area (Å²) in [7, 11) is 0. The van der Waals surface area contributed by atoms with Crippen LogP contribution in [-0.2, 0) is 9.59 Å². The Morgan fingerprint density at radius 1 is 1.44 bits per heavy atom. The Balaban J connectivity index is 1.94. The van der Waals surface area contributed by atoms with Crippen molar-refractivity contribution in [1.29, 1.82) is 0 Å². The molecule has 0 aliphatic carbocycles. The minimum absolute atomic E-state index is 0.0496. The molecule has 1 heterocycles. The molecule has 5 heteroatoms. The fourth-order valence-electron chi connectivity index (χ4n) is 1.96. The van der Waals surface area contributed by atoms with E-state index in [0.717, 1.165) is 10.0 Å². The van der Waals surface area contributed by atoms with E-state index < -0.39 is 0 Å². The lowest BCUT2D eigenvalue weighted by atomic mass is 10.1. The second kappa shape index (κ2) is 5.52. The third-order valence-electron chi connectivity index (χ3n) is 3.08. The van der Waals surface area contributed by atoms with Crippen LogP contribution < -0.4 is 10.6 Å². The Hall–Kier alpha value is -1.36. The van der Waals surface area contributed by atoms with Crippen LogP contribution in [0.25, 0.3) is 0 Å². The fraction of sp³-hybridized carbons (Fsp3) is 0.385. The molecule has 0 saturated carbocycles. The van der Waals surface area contributed by atoms with Crippen molar-refractivity contribution in [2.24, 2.45) is 5.92 Å². The van der Waals surface area contributed by atoms with Crippen LogP contribution in [-0.4, -0.2) is 18.4 Å². The lowest BCUT2D eigenvalue weighted by Crippen LogP contribution is -2.33. The average molecular weight is 311 g/mol. The van der Waals surface area contributed by atoms with E-state index in [2.05, 4.69) is 26.6 Å². The molecule has 1 aliphatic heterocycles. The van der Waals surface area contributed by atoms with Gasteiger partial charge in [0.15, 0.2) is 0 Å². The largest absolute Gasteiger partial charge is 0.355 e. The van der Waals surface area contributed by atoms with Crippen LogP contribution in [0, 0.1) is 5.92 Å². The number of benzene rings is 1. The van der Waals surface area contributed by atoms with E-state index in [-0.39, 0.29) is 23.8 Å². The van der Waals surface area contributed by atoms with Gasteiger partial charge in [-0.15, -0.1) is 0 Å². The van der Waals surface area contributed by atoms with E-state index in [4.69, 9.17) is 0 Å². The first-order chi connectivity index (χ1) is 8.56. The Kier molecular flexibility index (Phi) is 4.01. The highest BCUT2D eigenvalue weighted by atomic mass is 79.9. The quantitative estimate of drug-likeness (QED) is 0.894.